The maximum absolute atomic E-state index is 12.5. The first-order valence-electron chi connectivity index (χ1n) is 10.4. The second kappa shape index (κ2) is 9.46. The van der Waals surface area contributed by atoms with E-state index < -0.39 is 0 Å². The van der Waals surface area contributed by atoms with Gasteiger partial charge in [0, 0.05) is 29.0 Å². The Labute approximate surface area is 203 Å². The molecule has 0 aliphatic rings. The van der Waals surface area contributed by atoms with Crippen molar-refractivity contribution in [3.63, 3.8) is 0 Å². The van der Waals surface area contributed by atoms with Crippen LogP contribution in [0.15, 0.2) is 70.6 Å². The number of nitrogens with zero attached hydrogens (tertiary/aromatic N) is 6. The number of benzene rings is 2. The molecule has 0 radical (unpaired) electrons. The average molecular weight is 495 g/mol. The molecule has 33 heavy (non-hydrogen) atoms. The zero-order chi connectivity index (χ0) is 22.8. The number of hydrogen-bond acceptors (Lipinski definition) is 7. The molecule has 10 heteroatoms. The average Bonchev–Trinajstić information content (AvgIpc) is 3.43. The first-order valence-corrected chi connectivity index (χ1v) is 12.5. The van der Waals surface area contributed by atoms with Gasteiger partial charge in [-0.3, -0.25) is 9.36 Å². The lowest BCUT2D eigenvalue weighted by Gasteiger charge is -2.10. The topological polar surface area (TPSA) is 78.0 Å². The summed E-state index contributed by atoms with van der Waals surface area (Å²) in [6.45, 7) is 2.01. The molecule has 5 rings (SSSR count). The van der Waals surface area contributed by atoms with E-state index in [-0.39, 0.29) is 5.56 Å². The summed E-state index contributed by atoms with van der Waals surface area (Å²) >= 11 is 9.04. The highest BCUT2D eigenvalue weighted by molar-refractivity contribution is 7.98. The Hall–Kier alpha value is -3.01. The molecule has 0 N–H and O–H groups in total. The summed E-state index contributed by atoms with van der Waals surface area (Å²) in [7, 11) is 0. The molecule has 0 atom stereocenters. The van der Waals surface area contributed by atoms with Crippen molar-refractivity contribution in [2.75, 3.05) is 0 Å². The Balaban J connectivity index is 1.47. The normalized spacial score (nSPS) is 11.3. The number of halogens is 1. The van der Waals surface area contributed by atoms with Crippen molar-refractivity contribution in [3.05, 3.63) is 98.1 Å². The third-order valence-electron chi connectivity index (χ3n) is 4.98. The minimum absolute atomic E-state index is 0.171. The minimum atomic E-state index is -0.171. The van der Waals surface area contributed by atoms with Crippen LogP contribution in [0.5, 0.6) is 0 Å². The highest BCUT2D eigenvalue weighted by atomic mass is 35.5. The standard InChI is InChI=1S/C23H19ClN6OS2/c1-2-20-28-30-21(31)13-17(25-22(30)33-20)14-32-23-27-26-19(12-15-6-4-3-5-7-15)29(23)18-10-8-16(24)9-11-18/h3-11,13H,2,12,14H2,1H3. The monoisotopic (exact) mass is 494 g/mol. The van der Waals surface area contributed by atoms with Gasteiger partial charge < -0.3 is 0 Å². The van der Waals surface area contributed by atoms with Gasteiger partial charge in [-0.05, 0) is 36.2 Å². The largest absolute Gasteiger partial charge is 0.275 e. The van der Waals surface area contributed by atoms with Crippen molar-refractivity contribution in [2.24, 2.45) is 0 Å². The van der Waals surface area contributed by atoms with Crippen LogP contribution in [0.25, 0.3) is 10.6 Å². The smallest absolute Gasteiger partial charge is 0.274 e. The highest BCUT2D eigenvalue weighted by Crippen LogP contribution is 2.27. The number of aromatic nitrogens is 6. The zero-order valence-corrected chi connectivity index (χ0v) is 20.1. The molecular formula is C23H19ClN6OS2. The molecule has 3 aromatic heterocycles. The molecule has 7 nitrogen and oxygen atoms in total. The van der Waals surface area contributed by atoms with Crippen molar-refractivity contribution in [3.8, 4) is 5.69 Å². The van der Waals surface area contributed by atoms with Gasteiger partial charge in [-0.1, -0.05) is 72.0 Å². The van der Waals surface area contributed by atoms with Crippen LogP contribution in [0.4, 0.5) is 0 Å². The fourth-order valence-electron chi connectivity index (χ4n) is 3.39. The van der Waals surface area contributed by atoms with Crippen LogP contribution in [0.2, 0.25) is 5.02 Å². The molecule has 0 saturated heterocycles. The molecule has 0 spiro atoms. The summed E-state index contributed by atoms with van der Waals surface area (Å²) in [6, 6.07) is 19.3. The van der Waals surface area contributed by atoms with Crippen molar-refractivity contribution in [1.29, 1.82) is 0 Å². The van der Waals surface area contributed by atoms with E-state index in [1.54, 1.807) is 0 Å². The minimum Gasteiger partial charge on any atom is -0.274 e. The van der Waals surface area contributed by atoms with Gasteiger partial charge in [0.05, 0.1) is 5.69 Å². The lowest BCUT2D eigenvalue weighted by Crippen LogP contribution is -2.15. The number of aryl methyl sites for hydroxylation is 1. The van der Waals surface area contributed by atoms with E-state index in [9.17, 15) is 4.79 Å². The van der Waals surface area contributed by atoms with Crippen LogP contribution in [0, 0.1) is 0 Å². The van der Waals surface area contributed by atoms with E-state index in [4.69, 9.17) is 11.6 Å². The van der Waals surface area contributed by atoms with Gasteiger partial charge in [0.1, 0.15) is 10.8 Å². The quantitative estimate of drug-likeness (QED) is 0.301. The molecular weight excluding hydrogens is 476 g/mol. The molecule has 3 heterocycles. The molecule has 0 unspecified atom stereocenters. The highest BCUT2D eigenvalue weighted by Gasteiger charge is 2.16. The van der Waals surface area contributed by atoms with Gasteiger partial charge >= 0.3 is 0 Å². The number of thioether (sulfide) groups is 1. The Morgan fingerprint density at radius 1 is 1.06 bits per heavy atom. The maximum Gasteiger partial charge on any atom is 0.275 e. The van der Waals surface area contributed by atoms with Crippen LogP contribution in [0.1, 0.15) is 29.0 Å². The van der Waals surface area contributed by atoms with Gasteiger partial charge in [0.2, 0.25) is 4.96 Å². The summed E-state index contributed by atoms with van der Waals surface area (Å²) in [5.41, 5.74) is 2.59. The van der Waals surface area contributed by atoms with E-state index in [2.05, 4.69) is 32.4 Å². The Bertz CT molecular complexity index is 1460. The van der Waals surface area contributed by atoms with E-state index in [0.29, 0.717) is 27.9 Å². The lowest BCUT2D eigenvalue weighted by molar-refractivity contribution is 0.843. The summed E-state index contributed by atoms with van der Waals surface area (Å²) < 4.78 is 3.40. The van der Waals surface area contributed by atoms with Crippen LogP contribution >= 0.6 is 34.7 Å². The molecule has 0 saturated carbocycles. The first-order chi connectivity index (χ1) is 16.1. The van der Waals surface area contributed by atoms with Crippen molar-refractivity contribution < 1.29 is 0 Å². The van der Waals surface area contributed by atoms with Crippen LogP contribution in [0.3, 0.4) is 0 Å². The number of hydrogen-bond donors (Lipinski definition) is 0. The predicted molar refractivity (Wildman–Crippen MR) is 132 cm³/mol. The summed E-state index contributed by atoms with van der Waals surface area (Å²) in [5.74, 6) is 1.31. The molecule has 0 aliphatic carbocycles. The van der Waals surface area contributed by atoms with Gasteiger partial charge in [-0.15, -0.1) is 10.2 Å². The zero-order valence-electron chi connectivity index (χ0n) is 17.7. The van der Waals surface area contributed by atoms with Crippen LogP contribution in [-0.2, 0) is 18.6 Å². The summed E-state index contributed by atoms with van der Waals surface area (Å²) in [5, 5.41) is 15.5. The molecule has 5 aromatic rings. The maximum atomic E-state index is 12.5. The van der Waals surface area contributed by atoms with Crippen molar-refractivity contribution in [2.45, 2.75) is 30.7 Å². The van der Waals surface area contributed by atoms with E-state index in [1.807, 2.05) is 54.0 Å². The molecule has 0 amide bonds. The third-order valence-corrected chi connectivity index (χ3v) is 7.25. The SMILES string of the molecule is CCc1nn2c(=O)cc(CSc3nnc(Cc4ccccc4)n3-c3ccc(Cl)cc3)nc2s1. The summed E-state index contributed by atoms with van der Waals surface area (Å²) in [6.07, 6.45) is 1.41. The van der Waals surface area contributed by atoms with Gasteiger partial charge in [0.15, 0.2) is 5.16 Å². The van der Waals surface area contributed by atoms with Crippen molar-refractivity contribution in [1.82, 2.24) is 29.4 Å². The Morgan fingerprint density at radius 2 is 1.85 bits per heavy atom. The molecule has 0 fully saturated rings. The number of rotatable bonds is 7. The molecule has 2 aromatic carbocycles. The molecule has 0 bridgehead atoms. The van der Waals surface area contributed by atoms with Crippen LogP contribution < -0.4 is 5.56 Å². The second-order valence-corrected chi connectivity index (χ2v) is 9.71. The predicted octanol–water partition coefficient (Wildman–Crippen LogP) is 4.83. The fraction of sp³-hybridized carbons (Fsp3) is 0.174. The van der Waals surface area contributed by atoms with Gasteiger partial charge in [0.25, 0.3) is 5.56 Å². The first kappa shape index (κ1) is 21.8. The van der Waals surface area contributed by atoms with E-state index in [1.165, 1.54) is 33.7 Å². The Morgan fingerprint density at radius 3 is 2.61 bits per heavy atom. The van der Waals surface area contributed by atoms with Crippen LogP contribution in [-0.4, -0.2) is 29.4 Å². The Kier molecular flexibility index (Phi) is 6.26. The number of fused-ring (bicyclic) bond motifs is 1. The fourth-order valence-corrected chi connectivity index (χ4v) is 5.23. The lowest BCUT2D eigenvalue weighted by atomic mass is 10.1. The van der Waals surface area contributed by atoms with Gasteiger partial charge in [-0.25, -0.2) is 4.98 Å². The van der Waals surface area contributed by atoms with E-state index in [0.717, 1.165) is 33.7 Å². The molecule has 166 valence electrons. The van der Waals surface area contributed by atoms with Crippen molar-refractivity contribution >= 4 is 39.7 Å². The van der Waals surface area contributed by atoms with Gasteiger partial charge in [-0.2, -0.15) is 9.61 Å². The van der Waals surface area contributed by atoms with E-state index >= 15 is 0 Å². The second-order valence-electron chi connectivity index (χ2n) is 7.29. The summed E-state index contributed by atoms with van der Waals surface area (Å²) in [4.78, 5) is 17.7. The molecule has 0 aliphatic heterocycles. The third kappa shape index (κ3) is 4.71.